The van der Waals surface area contributed by atoms with Crippen molar-refractivity contribution in [1.82, 2.24) is 14.9 Å². The lowest BCUT2D eigenvalue weighted by Crippen LogP contribution is -2.35. The van der Waals surface area contributed by atoms with Crippen molar-refractivity contribution in [3.63, 3.8) is 0 Å². The summed E-state index contributed by atoms with van der Waals surface area (Å²) < 4.78 is 20.8. The number of primary amides is 1. The predicted octanol–water partition coefficient (Wildman–Crippen LogP) is 1.72. The largest absolute Gasteiger partial charge is 0.441 e. The molecule has 9 nitrogen and oxygen atoms in total. The van der Waals surface area contributed by atoms with Crippen LogP contribution in [0.2, 0.25) is 0 Å². The summed E-state index contributed by atoms with van der Waals surface area (Å²) in [5.74, 6) is -1.51. The summed E-state index contributed by atoms with van der Waals surface area (Å²) >= 11 is 0. The lowest BCUT2D eigenvalue weighted by atomic mass is 9.92. The maximum absolute atomic E-state index is 14.2. The van der Waals surface area contributed by atoms with Crippen LogP contribution in [-0.2, 0) is 14.4 Å². The van der Waals surface area contributed by atoms with Crippen molar-refractivity contribution in [3.8, 4) is 5.69 Å². The average molecular weight is 375 g/mol. The van der Waals surface area contributed by atoms with Gasteiger partial charge in [0.15, 0.2) is 0 Å². The van der Waals surface area contributed by atoms with Gasteiger partial charge in [-0.15, -0.1) is 5.12 Å². The fourth-order valence-electron chi connectivity index (χ4n) is 2.81. The van der Waals surface area contributed by atoms with Gasteiger partial charge in [-0.1, -0.05) is 21.8 Å². The molecule has 0 saturated carbocycles. The molecule has 1 saturated heterocycles. The van der Waals surface area contributed by atoms with E-state index in [-0.39, 0.29) is 5.12 Å². The summed E-state index contributed by atoms with van der Waals surface area (Å²) in [4.78, 5) is 27.7. The molecule has 0 spiro atoms. The zero-order valence-electron chi connectivity index (χ0n) is 14.7. The summed E-state index contributed by atoms with van der Waals surface area (Å²) in [6.07, 6.45) is 2.70. The Hall–Kier alpha value is -3.43. The van der Waals surface area contributed by atoms with Crippen LogP contribution >= 0.6 is 0 Å². The fraction of sp³-hybridized carbons (Fsp3) is 0.294. The second kappa shape index (κ2) is 7.44. The topological polar surface area (TPSA) is 112 Å². The van der Waals surface area contributed by atoms with Gasteiger partial charge in [0.1, 0.15) is 19.3 Å². The van der Waals surface area contributed by atoms with Crippen LogP contribution in [0.3, 0.4) is 0 Å². The van der Waals surface area contributed by atoms with Crippen LogP contribution < -0.4 is 5.73 Å². The molecule has 10 heteroatoms. The molecule has 142 valence electrons. The number of carbonyl (C=O) groups excluding carboxylic acids is 2. The third-order valence-electron chi connectivity index (χ3n) is 4.32. The van der Waals surface area contributed by atoms with Crippen molar-refractivity contribution in [2.75, 3.05) is 7.11 Å². The third kappa shape index (κ3) is 3.59. The molecule has 0 aliphatic carbocycles. The van der Waals surface area contributed by atoms with Crippen LogP contribution in [0, 0.1) is 5.92 Å². The molecule has 3 rings (SSSR count). The van der Waals surface area contributed by atoms with Gasteiger partial charge in [-0.25, -0.2) is 9.48 Å². The van der Waals surface area contributed by atoms with E-state index in [0.717, 1.165) is 5.56 Å². The molecule has 2 N–H and O–H groups in total. The summed E-state index contributed by atoms with van der Waals surface area (Å²) in [6, 6.07) is 5.64. The van der Waals surface area contributed by atoms with Crippen molar-refractivity contribution in [2.45, 2.75) is 19.1 Å². The Morgan fingerprint density at radius 1 is 1.44 bits per heavy atom. The van der Waals surface area contributed by atoms with Gasteiger partial charge in [0, 0.05) is 11.8 Å². The number of halogens is 1. The van der Waals surface area contributed by atoms with E-state index < -0.39 is 30.1 Å². The quantitative estimate of drug-likeness (QED) is 0.469. The molecule has 1 aromatic heterocycles. The van der Waals surface area contributed by atoms with Gasteiger partial charge in [0.25, 0.3) is 0 Å². The first-order chi connectivity index (χ1) is 12.9. The zero-order valence-corrected chi connectivity index (χ0v) is 14.7. The van der Waals surface area contributed by atoms with Crippen LogP contribution in [-0.4, -0.2) is 46.3 Å². The molecule has 1 fully saturated rings. The van der Waals surface area contributed by atoms with E-state index in [4.69, 9.17) is 10.5 Å². The van der Waals surface area contributed by atoms with Gasteiger partial charge in [-0.2, -0.15) is 5.10 Å². The number of nitrogens with zero attached hydrogens (tertiary/aromatic N) is 4. The molecule has 2 amide bonds. The van der Waals surface area contributed by atoms with E-state index in [1.54, 1.807) is 41.3 Å². The fourth-order valence-corrected chi connectivity index (χ4v) is 2.81. The van der Waals surface area contributed by atoms with E-state index in [1.165, 1.54) is 20.2 Å². The number of cyclic esters (lactones) is 1. The number of hydrogen-bond acceptors (Lipinski definition) is 6. The number of aromatic nitrogens is 2. The molecule has 3 unspecified atom stereocenters. The number of amides is 2. The first kappa shape index (κ1) is 18.4. The van der Waals surface area contributed by atoms with Crippen LogP contribution in [0.1, 0.15) is 24.1 Å². The third-order valence-corrected chi connectivity index (χ3v) is 4.32. The number of hydrogen-bond donors (Lipinski definition) is 1. The zero-order chi connectivity index (χ0) is 19.6. The molecule has 0 radical (unpaired) electrons. The van der Waals surface area contributed by atoms with Gasteiger partial charge < -0.3 is 15.3 Å². The van der Waals surface area contributed by atoms with Crippen molar-refractivity contribution in [2.24, 2.45) is 16.8 Å². The number of oxime groups is 1. The molecule has 1 aliphatic rings. The molecule has 2 heterocycles. The predicted molar refractivity (Wildman–Crippen MR) is 92.5 cm³/mol. The monoisotopic (exact) mass is 375 g/mol. The highest BCUT2D eigenvalue weighted by Gasteiger charge is 2.47. The number of ether oxygens (including phenoxy) is 1. The molecular formula is C17H18FN5O4. The first-order valence-corrected chi connectivity index (χ1v) is 8.09. The van der Waals surface area contributed by atoms with Crippen LogP contribution in [0.15, 0.2) is 41.8 Å². The number of nitrogens with two attached hydrogens (primary N) is 1. The number of rotatable bonds is 6. The van der Waals surface area contributed by atoms with Crippen LogP contribution in [0.4, 0.5) is 9.28 Å². The average Bonchev–Trinajstić information content (AvgIpc) is 3.25. The van der Waals surface area contributed by atoms with E-state index in [0.29, 0.717) is 11.3 Å². The van der Waals surface area contributed by atoms with Gasteiger partial charge in [0.05, 0.1) is 24.0 Å². The molecule has 2 aromatic rings. The first-order valence-electron chi connectivity index (χ1n) is 8.09. The standard InChI is InChI=1S/C17H18FN5O4/c1-10(16(19)24)15-14(23(18)17(25)27-15)12-3-5-13(6-4-12)22-9-11(7-20-22)8-21-26-2/h3-10,14-15H,1-2H3,(H2,19,24). The lowest BCUT2D eigenvalue weighted by molar-refractivity contribution is -0.124. The summed E-state index contributed by atoms with van der Waals surface area (Å²) in [7, 11) is 1.44. The van der Waals surface area contributed by atoms with Crippen LogP contribution in [0.5, 0.6) is 0 Å². The van der Waals surface area contributed by atoms with E-state index in [1.807, 2.05) is 0 Å². The highest BCUT2D eigenvalue weighted by atomic mass is 19.2. The Bertz CT molecular complexity index is 866. The number of carbonyl (C=O) groups is 2. The molecular weight excluding hydrogens is 357 g/mol. The van der Waals surface area contributed by atoms with Crippen LogP contribution in [0.25, 0.3) is 5.69 Å². The minimum atomic E-state index is -1.14. The maximum Gasteiger partial charge on any atom is 0.439 e. The Balaban J connectivity index is 1.85. The summed E-state index contributed by atoms with van der Waals surface area (Å²) in [6.45, 7) is 1.49. The molecule has 0 bridgehead atoms. The Morgan fingerprint density at radius 2 is 2.15 bits per heavy atom. The highest BCUT2D eigenvalue weighted by molar-refractivity contribution is 5.79. The Labute approximate surface area is 154 Å². The van der Waals surface area contributed by atoms with Crippen molar-refractivity contribution >= 4 is 18.2 Å². The minimum absolute atomic E-state index is 0.0215. The second-order valence-corrected chi connectivity index (χ2v) is 6.02. The Morgan fingerprint density at radius 3 is 2.78 bits per heavy atom. The highest BCUT2D eigenvalue weighted by Crippen LogP contribution is 2.37. The van der Waals surface area contributed by atoms with Crippen molar-refractivity contribution in [1.29, 1.82) is 0 Å². The SMILES string of the molecule is CON=Cc1cnn(-c2ccc(C3C(C(C)C(N)=O)OC(=O)N3F)cc2)c1. The summed E-state index contributed by atoms with van der Waals surface area (Å²) in [5.41, 5.74) is 7.20. The van der Waals surface area contributed by atoms with Gasteiger partial charge in [-0.05, 0) is 24.6 Å². The van der Waals surface area contributed by atoms with Gasteiger partial charge in [-0.3, -0.25) is 4.79 Å². The smallest absolute Gasteiger partial charge is 0.439 e. The Kier molecular flexibility index (Phi) is 5.06. The maximum atomic E-state index is 14.2. The molecule has 3 atom stereocenters. The molecule has 1 aromatic carbocycles. The van der Waals surface area contributed by atoms with E-state index in [2.05, 4.69) is 15.1 Å². The molecule has 1 aliphatic heterocycles. The van der Waals surface area contributed by atoms with Gasteiger partial charge in [0.2, 0.25) is 5.91 Å². The summed E-state index contributed by atoms with van der Waals surface area (Å²) in [5, 5.41) is 7.84. The van der Waals surface area contributed by atoms with Crippen molar-refractivity contribution < 1.29 is 23.6 Å². The number of benzene rings is 1. The van der Waals surface area contributed by atoms with E-state index in [9.17, 15) is 14.1 Å². The second-order valence-electron chi connectivity index (χ2n) is 6.02. The van der Waals surface area contributed by atoms with Gasteiger partial charge >= 0.3 is 6.09 Å². The van der Waals surface area contributed by atoms with E-state index >= 15 is 0 Å². The lowest BCUT2D eigenvalue weighted by Gasteiger charge is -2.22. The molecule has 27 heavy (non-hydrogen) atoms. The van der Waals surface area contributed by atoms with Crippen molar-refractivity contribution in [3.05, 3.63) is 47.8 Å². The minimum Gasteiger partial charge on any atom is -0.441 e. The normalized spacial score (nSPS) is 20.7.